The highest BCUT2D eigenvalue weighted by molar-refractivity contribution is 5.85. The topological polar surface area (TPSA) is 46.9 Å². The summed E-state index contributed by atoms with van der Waals surface area (Å²) in [5, 5.41) is 3.07. The van der Waals surface area contributed by atoms with Gasteiger partial charge in [0.15, 0.2) is 0 Å². The number of imidazole rings is 1. The second-order valence-electron chi connectivity index (χ2n) is 4.34. The number of aromatic nitrogens is 2. The fourth-order valence-electron chi connectivity index (χ4n) is 1.79. The molecule has 2 aromatic rings. The van der Waals surface area contributed by atoms with Crippen LogP contribution in [-0.2, 0) is 13.6 Å². The zero-order valence-electron chi connectivity index (χ0n) is 11.6. The van der Waals surface area contributed by atoms with Crippen LogP contribution >= 0.6 is 24.8 Å². The summed E-state index contributed by atoms with van der Waals surface area (Å²) in [6.45, 7) is 1.63. The van der Waals surface area contributed by atoms with Crippen LogP contribution < -0.4 is 28.0 Å². The van der Waals surface area contributed by atoms with Crippen molar-refractivity contribution in [3.05, 3.63) is 42.7 Å². The average molecular weight is 358 g/mol. The molecule has 3 N–H and O–H groups in total. The molecular formula is C13H20Cl3FN4. The van der Waals surface area contributed by atoms with E-state index in [9.17, 15) is 4.39 Å². The smallest absolute Gasteiger partial charge is 0.243 e. The van der Waals surface area contributed by atoms with E-state index >= 15 is 0 Å². The van der Waals surface area contributed by atoms with Crippen molar-refractivity contribution in [2.75, 3.05) is 17.6 Å². The van der Waals surface area contributed by atoms with Crippen molar-refractivity contribution in [2.24, 2.45) is 7.05 Å². The third-order valence-electron chi connectivity index (χ3n) is 2.73. The van der Waals surface area contributed by atoms with Crippen molar-refractivity contribution in [3.8, 4) is 0 Å². The van der Waals surface area contributed by atoms with Gasteiger partial charge in [0, 0.05) is 18.7 Å². The lowest BCUT2D eigenvalue weighted by atomic mass is 10.2. The van der Waals surface area contributed by atoms with Gasteiger partial charge in [-0.25, -0.2) is 13.5 Å². The van der Waals surface area contributed by atoms with Gasteiger partial charge in [0.2, 0.25) is 6.33 Å². The third kappa shape index (κ3) is 6.89. The van der Waals surface area contributed by atoms with E-state index in [0.717, 1.165) is 19.5 Å². The van der Waals surface area contributed by atoms with Gasteiger partial charge in [0.1, 0.15) is 18.2 Å². The van der Waals surface area contributed by atoms with Crippen molar-refractivity contribution in [1.82, 2.24) is 4.57 Å². The summed E-state index contributed by atoms with van der Waals surface area (Å²) >= 11 is 0. The SMILES string of the molecule is C[n+]1ccn(CCCNc2ccc(N)cc2F)c1.Cl.Cl.[Cl-]. The molecule has 21 heavy (non-hydrogen) atoms. The van der Waals surface area contributed by atoms with Gasteiger partial charge in [0.05, 0.1) is 19.3 Å². The summed E-state index contributed by atoms with van der Waals surface area (Å²) in [7, 11) is 1.98. The molecule has 1 aromatic carbocycles. The molecular weight excluding hydrogens is 338 g/mol. The minimum atomic E-state index is -0.303. The number of hydrogen-bond acceptors (Lipinski definition) is 2. The van der Waals surface area contributed by atoms with Crippen molar-refractivity contribution >= 4 is 36.2 Å². The zero-order chi connectivity index (χ0) is 13.0. The van der Waals surface area contributed by atoms with Gasteiger partial charge in [-0.3, -0.25) is 0 Å². The van der Waals surface area contributed by atoms with E-state index in [2.05, 4.69) is 9.88 Å². The van der Waals surface area contributed by atoms with E-state index in [1.165, 1.54) is 6.07 Å². The Morgan fingerprint density at radius 2 is 2.05 bits per heavy atom. The van der Waals surface area contributed by atoms with Crippen LogP contribution in [0.3, 0.4) is 0 Å². The third-order valence-corrected chi connectivity index (χ3v) is 2.73. The Morgan fingerprint density at radius 1 is 1.33 bits per heavy atom. The first-order valence-electron chi connectivity index (χ1n) is 5.95. The first-order valence-corrected chi connectivity index (χ1v) is 5.95. The minimum Gasteiger partial charge on any atom is -1.00 e. The predicted octanol–water partition coefficient (Wildman–Crippen LogP) is -0.616. The van der Waals surface area contributed by atoms with Gasteiger partial charge in [-0.15, -0.1) is 24.8 Å². The summed E-state index contributed by atoms with van der Waals surface area (Å²) < 4.78 is 17.5. The van der Waals surface area contributed by atoms with Gasteiger partial charge < -0.3 is 23.5 Å². The number of rotatable bonds is 5. The quantitative estimate of drug-likeness (QED) is 0.426. The Hall–Kier alpha value is -1.17. The number of nitrogens with one attached hydrogen (secondary N) is 1. The summed E-state index contributed by atoms with van der Waals surface area (Å²) in [5.41, 5.74) is 6.43. The normalized spacial score (nSPS) is 9.05. The maximum absolute atomic E-state index is 13.5. The van der Waals surface area contributed by atoms with E-state index in [0.29, 0.717) is 11.4 Å². The largest absolute Gasteiger partial charge is 1.00 e. The molecule has 0 aliphatic carbocycles. The number of aryl methyl sites for hydroxylation is 2. The maximum atomic E-state index is 13.5. The number of nitrogens with two attached hydrogens (primary N) is 1. The molecule has 0 unspecified atom stereocenters. The Kier molecular flexibility index (Phi) is 11.1. The van der Waals surface area contributed by atoms with Crippen molar-refractivity contribution in [1.29, 1.82) is 0 Å². The van der Waals surface area contributed by atoms with E-state index in [1.807, 2.05) is 30.3 Å². The molecule has 1 aromatic heterocycles. The molecule has 4 nitrogen and oxygen atoms in total. The summed E-state index contributed by atoms with van der Waals surface area (Å²) in [6.07, 6.45) is 6.96. The van der Waals surface area contributed by atoms with Crippen LogP contribution in [0.25, 0.3) is 0 Å². The number of anilines is 2. The molecule has 8 heteroatoms. The van der Waals surface area contributed by atoms with Crippen molar-refractivity contribution < 1.29 is 21.4 Å². The number of halogens is 4. The van der Waals surface area contributed by atoms with Gasteiger partial charge in [-0.2, -0.15) is 0 Å². The molecule has 0 bridgehead atoms. The van der Waals surface area contributed by atoms with Gasteiger partial charge in [0.25, 0.3) is 0 Å². The lowest BCUT2D eigenvalue weighted by Gasteiger charge is -2.07. The molecule has 120 valence electrons. The Labute approximate surface area is 142 Å². The first kappa shape index (κ1) is 22.1. The average Bonchev–Trinajstić information content (AvgIpc) is 2.73. The van der Waals surface area contributed by atoms with Crippen LogP contribution in [-0.4, -0.2) is 11.1 Å². The van der Waals surface area contributed by atoms with E-state index in [1.54, 1.807) is 12.1 Å². The fraction of sp³-hybridized carbons (Fsp3) is 0.308. The molecule has 0 saturated heterocycles. The number of hydrogen-bond donors (Lipinski definition) is 2. The van der Waals surface area contributed by atoms with E-state index < -0.39 is 0 Å². The van der Waals surface area contributed by atoms with Crippen LogP contribution in [0, 0.1) is 5.82 Å². The Morgan fingerprint density at radius 3 is 2.62 bits per heavy atom. The predicted molar refractivity (Wildman–Crippen MR) is 84.0 cm³/mol. The highest BCUT2D eigenvalue weighted by Gasteiger charge is 2.02. The molecule has 0 aliphatic heterocycles. The molecule has 0 spiro atoms. The van der Waals surface area contributed by atoms with Gasteiger partial charge in [-0.05, 0) is 18.2 Å². The van der Waals surface area contributed by atoms with Crippen LogP contribution in [0.1, 0.15) is 6.42 Å². The summed E-state index contributed by atoms with van der Waals surface area (Å²) in [4.78, 5) is 0. The van der Waals surface area contributed by atoms with Crippen molar-refractivity contribution in [3.63, 3.8) is 0 Å². The lowest BCUT2D eigenvalue weighted by Crippen LogP contribution is -3.00. The standard InChI is InChI=1S/C13H18FN4.3ClH/c1-17-7-8-18(10-17)6-2-5-16-13-4-3-11(15)9-12(13)14;;;/h3-4,7-10,16H,2,5-6,15H2,1H3;3*1H/q+1;;;/p-1. The lowest BCUT2D eigenvalue weighted by molar-refractivity contribution is -0.671. The first-order chi connectivity index (χ1) is 8.65. The Balaban J connectivity index is 0. The highest BCUT2D eigenvalue weighted by atomic mass is 35.5. The fourth-order valence-corrected chi connectivity index (χ4v) is 1.79. The molecule has 0 amide bonds. The monoisotopic (exact) mass is 356 g/mol. The molecule has 0 saturated carbocycles. The Bertz CT molecular complexity index is 534. The van der Waals surface area contributed by atoms with Crippen molar-refractivity contribution in [2.45, 2.75) is 13.0 Å². The second-order valence-corrected chi connectivity index (χ2v) is 4.34. The second kappa shape index (κ2) is 10.5. The van der Waals surface area contributed by atoms with Gasteiger partial charge in [-0.1, -0.05) is 0 Å². The summed E-state index contributed by atoms with van der Waals surface area (Å²) in [5.74, 6) is -0.303. The molecule has 0 aliphatic rings. The van der Waals surface area contributed by atoms with Crippen LogP contribution in [0.4, 0.5) is 15.8 Å². The number of nitrogens with zero attached hydrogens (tertiary/aromatic N) is 2. The van der Waals surface area contributed by atoms with E-state index in [4.69, 9.17) is 5.73 Å². The molecule has 0 radical (unpaired) electrons. The number of benzene rings is 1. The van der Waals surface area contributed by atoms with Crippen LogP contribution in [0.2, 0.25) is 0 Å². The zero-order valence-corrected chi connectivity index (χ0v) is 14.0. The van der Waals surface area contributed by atoms with Crippen LogP contribution in [0.5, 0.6) is 0 Å². The molecule has 0 atom stereocenters. The number of nitrogen functional groups attached to an aromatic ring is 1. The molecule has 0 fully saturated rings. The summed E-state index contributed by atoms with van der Waals surface area (Å²) in [6, 6.07) is 4.69. The highest BCUT2D eigenvalue weighted by Crippen LogP contribution is 2.16. The van der Waals surface area contributed by atoms with Gasteiger partial charge >= 0.3 is 0 Å². The minimum absolute atomic E-state index is 0. The molecule has 1 heterocycles. The molecule has 2 rings (SSSR count). The maximum Gasteiger partial charge on any atom is 0.243 e. The van der Waals surface area contributed by atoms with E-state index in [-0.39, 0.29) is 43.0 Å². The van der Waals surface area contributed by atoms with Crippen LogP contribution in [0.15, 0.2) is 36.9 Å².